The van der Waals surface area contributed by atoms with Crippen molar-refractivity contribution in [2.45, 2.75) is 13.5 Å². The highest BCUT2D eigenvalue weighted by Gasteiger charge is 2.06. The summed E-state index contributed by atoms with van der Waals surface area (Å²) in [6.45, 7) is 2.42. The molecular formula is C11H14N2O. The van der Waals surface area contributed by atoms with E-state index < -0.39 is 0 Å². The first kappa shape index (κ1) is 10.6. The van der Waals surface area contributed by atoms with Crippen molar-refractivity contribution in [2.75, 3.05) is 18.5 Å². The number of nitrogens with zero attached hydrogens (tertiary/aromatic N) is 2. The van der Waals surface area contributed by atoms with Crippen molar-refractivity contribution >= 4 is 5.69 Å². The molecule has 1 N–H and O–H groups in total. The highest BCUT2D eigenvalue weighted by Crippen LogP contribution is 2.19. The van der Waals surface area contributed by atoms with Crippen LogP contribution in [0.4, 0.5) is 5.69 Å². The third-order valence-corrected chi connectivity index (χ3v) is 2.01. The number of hydrogen-bond acceptors (Lipinski definition) is 3. The van der Waals surface area contributed by atoms with Crippen LogP contribution in [0.1, 0.15) is 11.3 Å². The van der Waals surface area contributed by atoms with Gasteiger partial charge in [0.25, 0.3) is 0 Å². The van der Waals surface area contributed by atoms with Crippen molar-refractivity contribution in [3.63, 3.8) is 0 Å². The summed E-state index contributed by atoms with van der Waals surface area (Å²) >= 11 is 0. The summed E-state index contributed by atoms with van der Waals surface area (Å²) in [7, 11) is 1.90. The minimum atomic E-state index is -0.0163. The Kier molecular flexibility index (Phi) is 3.49. The lowest BCUT2D eigenvalue weighted by Crippen LogP contribution is -2.19. The van der Waals surface area contributed by atoms with Crippen LogP contribution in [0.5, 0.6) is 0 Å². The van der Waals surface area contributed by atoms with Crippen LogP contribution in [0.3, 0.4) is 0 Å². The molecule has 1 rings (SSSR count). The molecule has 0 saturated carbocycles. The largest absolute Gasteiger partial charge is 0.392 e. The third kappa shape index (κ3) is 2.24. The number of aromatic nitrogens is 1. The van der Waals surface area contributed by atoms with Crippen LogP contribution in [0, 0.1) is 19.3 Å². The van der Waals surface area contributed by atoms with E-state index in [-0.39, 0.29) is 6.61 Å². The summed E-state index contributed by atoms with van der Waals surface area (Å²) < 4.78 is 0. The second kappa shape index (κ2) is 4.64. The third-order valence-electron chi connectivity index (χ3n) is 2.01. The predicted molar refractivity (Wildman–Crippen MR) is 57.0 cm³/mol. The Morgan fingerprint density at radius 2 is 2.36 bits per heavy atom. The van der Waals surface area contributed by atoms with E-state index in [1.165, 1.54) is 0 Å². The molecule has 0 aliphatic heterocycles. The molecule has 0 aromatic carbocycles. The number of anilines is 1. The zero-order valence-electron chi connectivity index (χ0n) is 8.49. The lowest BCUT2D eigenvalue weighted by atomic mass is 10.2. The second-order valence-corrected chi connectivity index (χ2v) is 3.17. The summed E-state index contributed by atoms with van der Waals surface area (Å²) in [5, 5.41) is 9.11. The Morgan fingerprint density at radius 3 is 2.93 bits per heavy atom. The van der Waals surface area contributed by atoms with E-state index in [4.69, 9.17) is 11.5 Å². The number of pyridine rings is 1. The SMILES string of the molecule is C#CCN(C)c1cc(C)ncc1CO. The fourth-order valence-electron chi connectivity index (χ4n) is 1.27. The fourth-order valence-corrected chi connectivity index (χ4v) is 1.27. The van der Waals surface area contributed by atoms with Gasteiger partial charge in [-0.2, -0.15) is 0 Å². The highest BCUT2D eigenvalue weighted by atomic mass is 16.3. The molecule has 74 valence electrons. The molecule has 0 atom stereocenters. The van der Waals surface area contributed by atoms with Gasteiger partial charge in [-0.15, -0.1) is 6.42 Å². The van der Waals surface area contributed by atoms with Crippen molar-refractivity contribution in [3.05, 3.63) is 23.5 Å². The van der Waals surface area contributed by atoms with Crippen LogP contribution in [0.15, 0.2) is 12.3 Å². The first-order chi connectivity index (χ1) is 6.69. The summed E-state index contributed by atoms with van der Waals surface area (Å²) in [5.74, 6) is 2.56. The van der Waals surface area contributed by atoms with Crippen LogP contribution in [-0.4, -0.2) is 23.7 Å². The molecule has 1 aromatic rings. The molecule has 0 fully saturated rings. The highest BCUT2D eigenvalue weighted by molar-refractivity contribution is 5.53. The molecular weight excluding hydrogens is 176 g/mol. The van der Waals surface area contributed by atoms with E-state index in [9.17, 15) is 0 Å². The Bertz CT molecular complexity index is 355. The lowest BCUT2D eigenvalue weighted by Gasteiger charge is -2.19. The molecule has 0 spiro atoms. The molecule has 0 radical (unpaired) electrons. The number of aliphatic hydroxyl groups excluding tert-OH is 1. The number of terminal acetylenes is 1. The molecule has 0 aliphatic rings. The van der Waals surface area contributed by atoms with Crippen LogP contribution in [0.2, 0.25) is 0 Å². The Morgan fingerprint density at radius 1 is 1.64 bits per heavy atom. The van der Waals surface area contributed by atoms with Crippen molar-refractivity contribution in [2.24, 2.45) is 0 Å². The van der Waals surface area contributed by atoms with Gasteiger partial charge in [-0.1, -0.05) is 5.92 Å². The van der Waals surface area contributed by atoms with Crippen LogP contribution < -0.4 is 4.90 Å². The van der Waals surface area contributed by atoms with Crippen LogP contribution >= 0.6 is 0 Å². The zero-order chi connectivity index (χ0) is 10.6. The Balaban J connectivity index is 3.04. The number of hydrogen-bond donors (Lipinski definition) is 1. The molecule has 1 aromatic heterocycles. The average molecular weight is 190 g/mol. The molecule has 0 unspecified atom stereocenters. The normalized spacial score (nSPS) is 9.57. The monoisotopic (exact) mass is 190 g/mol. The lowest BCUT2D eigenvalue weighted by molar-refractivity contribution is 0.281. The molecule has 1 heterocycles. The van der Waals surface area contributed by atoms with Crippen LogP contribution in [0.25, 0.3) is 0 Å². The van der Waals surface area contributed by atoms with E-state index in [2.05, 4.69) is 10.9 Å². The van der Waals surface area contributed by atoms with Gasteiger partial charge in [0.1, 0.15) is 0 Å². The van der Waals surface area contributed by atoms with Gasteiger partial charge in [-0.25, -0.2) is 0 Å². The first-order valence-corrected chi connectivity index (χ1v) is 4.40. The van der Waals surface area contributed by atoms with Gasteiger partial charge in [0.15, 0.2) is 0 Å². The summed E-state index contributed by atoms with van der Waals surface area (Å²) in [6, 6.07) is 1.92. The Hall–Kier alpha value is -1.53. The molecule has 0 saturated heterocycles. The molecule has 3 nitrogen and oxygen atoms in total. The van der Waals surface area contributed by atoms with Gasteiger partial charge in [0.2, 0.25) is 0 Å². The van der Waals surface area contributed by atoms with Crippen molar-refractivity contribution < 1.29 is 5.11 Å². The van der Waals surface area contributed by atoms with E-state index in [1.807, 2.05) is 24.9 Å². The minimum Gasteiger partial charge on any atom is -0.392 e. The standard InChI is InChI=1S/C11H14N2O/c1-4-5-13(3)11-6-9(2)12-7-10(11)8-14/h1,6-7,14H,5,8H2,2-3H3. The van der Waals surface area contributed by atoms with Crippen molar-refractivity contribution in [1.82, 2.24) is 4.98 Å². The first-order valence-electron chi connectivity index (χ1n) is 4.40. The molecule has 3 heteroatoms. The maximum atomic E-state index is 9.11. The fraction of sp³-hybridized carbons (Fsp3) is 0.364. The second-order valence-electron chi connectivity index (χ2n) is 3.17. The van der Waals surface area contributed by atoms with Gasteiger partial charge in [0.05, 0.1) is 13.2 Å². The molecule has 0 amide bonds. The van der Waals surface area contributed by atoms with E-state index in [0.29, 0.717) is 6.54 Å². The van der Waals surface area contributed by atoms with Gasteiger partial charge < -0.3 is 10.0 Å². The smallest absolute Gasteiger partial charge is 0.0788 e. The zero-order valence-corrected chi connectivity index (χ0v) is 8.49. The van der Waals surface area contributed by atoms with Gasteiger partial charge >= 0.3 is 0 Å². The molecule has 0 aliphatic carbocycles. The summed E-state index contributed by atoms with van der Waals surface area (Å²) in [6.07, 6.45) is 6.90. The number of aliphatic hydroxyl groups is 1. The quantitative estimate of drug-likeness (QED) is 0.721. The maximum absolute atomic E-state index is 9.11. The summed E-state index contributed by atoms with van der Waals surface area (Å²) in [5.41, 5.74) is 2.66. The number of aryl methyl sites for hydroxylation is 1. The topological polar surface area (TPSA) is 36.4 Å². The van der Waals surface area contributed by atoms with Gasteiger partial charge in [0, 0.05) is 30.2 Å². The average Bonchev–Trinajstić information content (AvgIpc) is 2.18. The van der Waals surface area contributed by atoms with Crippen LogP contribution in [-0.2, 0) is 6.61 Å². The number of rotatable bonds is 3. The van der Waals surface area contributed by atoms with Gasteiger partial charge in [-0.05, 0) is 13.0 Å². The van der Waals surface area contributed by atoms with E-state index in [0.717, 1.165) is 16.9 Å². The van der Waals surface area contributed by atoms with E-state index >= 15 is 0 Å². The Labute approximate surface area is 84.4 Å². The van der Waals surface area contributed by atoms with E-state index in [1.54, 1.807) is 6.20 Å². The molecule has 0 bridgehead atoms. The van der Waals surface area contributed by atoms with Gasteiger partial charge in [-0.3, -0.25) is 4.98 Å². The predicted octanol–water partition coefficient (Wildman–Crippen LogP) is 0.952. The maximum Gasteiger partial charge on any atom is 0.0788 e. The van der Waals surface area contributed by atoms with Crippen molar-refractivity contribution in [1.29, 1.82) is 0 Å². The minimum absolute atomic E-state index is 0.0163. The summed E-state index contributed by atoms with van der Waals surface area (Å²) in [4.78, 5) is 6.03. The van der Waals surface area contributed by atoms with Crippen molar-refractivity contribution in [3.8, 4) is 12.3 Å². The molecule has 14 heavy (non-hydrogen) atoms.